The van der Waals surface area contributed by atoms with Gasteiger partial charge in [-0.2, -0.15) is 0 Å². The summed E-state index contributed by atoms with van der Waals surface area (Å²) in [5.41, 5.74) is -1.01. The molecule has 0 aromatic heterocycles. The van der Waals surface area contributed by atoms with Gasteiger partial charge in [-0.3, -0.25) is 4.90 Å². The van der Waals surface area contributed by atoms with Gasteiger partial charge in [0.05, 0.1) is 5.54 Å². The number of nitrogens with zero attached hydrogens (tertiary/aromatic N) is 1. The van der Waals surface area contributed by atoms with Crippen molar-refractivity contribution < 1.29 is 24.2 Å². The Morgan fingerprint density at radius 2 is 1.89 bits per heavy atom. The third kappa shape index (κ3) is 2.68. The largest absolute Gasteiger partial charge is 0.480 e. The zero-order valence-electron chi connectivity index (χ0n) is 11.6. The molecule has 0 aromatic carbocycles. The van der Waals surface area contributed by atoms with Crippen LogP contribution in [-0.2, 0) is 14.3 Å². The summed E-state index contributed by atoms with van der Waals surface area (Å²) in [5.74, 6) is -0.969. The van der Waals surface area contributed by atoms with Gasteiger partial charge in [0.25, 0.3) is 0 Å². The highest BCUT2D eigenvalue weighted by molar-refractivity contribution is 5.83. The van der Waals surface area contributed by atoms with Gasteiger partial charge in [-0.15, -0.1) is 0 Å². The second kappa shape index (κ2) is 4.67. The lowest BCUT2D eigenvalue weighted by Crippen LogP contribution is -2.72. The molecule has 1 unspecified atom stereocenters. The van der Waals surface area contributed by atoms with Crippen molar-refractivity contribution in [3.8, 4) is 0 Å². The number of hydrogen-bond donors (Lipinski definition) is 1. The van der Waals surface area contributed by atoms with Gasteiger partial charge >= 0.3 is 12.1 Å². The maximum Gasteiger partial charge on any atom is 0.411 e. The number of carboxylic acid groups (broad SMARTS) is 1. The number of amides is 1. The SMILES string of the molecule is CC(C)(C)OC(=O)N1C(C(=O)O)CC12CCOCC2. The van der Waals surface area contributed by atoms with Gasteiger partial charge in [0.1, 0.15) is 11.6 Å². The average molecular weight is 271 g/mol. The van der Waals surface area contributed by atoms with Crippen LogP contribution in [0.4, 0.5) is 4.79 Å². The van der Waals surface area contributed by atoms with Crippen LogP contribution in [0, 0.1) is 0 Å². The summed E-state index contributed by atoms with van der Waals surface area (Å²) in [6.45, 7) is 6.45. The van der Waals surface area contributed by atoms with E-state index in [0.29, 0.717) is 32.5 Å². The summed E-state index contributed by atoms with van der Waals surface area (Å²) in [5, 5.41) is 9.18. The molecule has 1 N–H and O–H groups in total. The van der Waals surface area contributed by atoms with Gasteiger partial charge in [-0.05, 0) is 33.6 Å². The fraction of sp³-hybridized carbons (Fsp3) is 0.846. The smallest absolute Gasteiger partial charge is 0.411 e. The fourth-order valence-electron chi connectivity index (χ4n) is 2.79. The number of aliphatic carboxylic acids is 1. The molecule has 1 spiro atoms. The minimum Gasteiger partial charge on any atom is -0.480 e. The molecule has 1 amide bonds. The fourth-order valence-corrected chi connectivity index (χ4v) is 2.79. The van der Waals surface area contributed by atoms with Crippen molar-refractivity contribution in [1.82, 2.24) is 4.90 Å². The number of carbonyl (C=O) groups excluding carboxylic acids is 1. The van der Waals surface area contributed by atoms with Crippen molar-refractivity contribution in [2.75, 3.05) is 13.2 Å². The third-order valence-electron chi connectivity index (χ3n) is 3.69. The van der Waals surface area contributed by atoms with Gasteiger partial charge < -0.3 is 14.6 Å². The van der Waals surface area contributed by atoms with E-state index in [-0.39, 0.29) is 5.54 Å². The number of carboxylic acids is 1. The lowest BCUT2D eigenvalue weighted by molar-refractivity contribution is -0.168. The van der Waals surface area contributed by atoms with Crippen molar-refractivity contribution in [3.05, 3.63) is 0 Å². The minimum absolute atomic E-state index is 0.385. The first-order chi connectivity index (χ1) is 8.75. The molecule has 19 heavy (non-hydrogen) atoms. The lowest BCUT2D eigenvalue weighted by atomic mass is 9.73. The highest BCUT2D eigenvalue weighted by Crippen LogP contribution is 2.44. The molecule has 2 heterocycles. The van der Waals surface area contributed by atoms with E-state index in [0.717, 1.165) is 0 Å². The van der Waals surface area contributed by atoms with Gasteiger partial charge in [-0.25, -0.2) is 9.59 Å². The quantitative estimate of drug-likeness (QED) is 0.784. The molecule has 0 bridgehead atoms. The highest BCUT2D eigenvalue weighted by atomic mass is 16.6. The van der Waals surface area contributed by atoms with Crippen molar-refractivity contribution in [2.24, 2.45) is 0 Å². The molecule has 2 fully saturated rings. The Balaban J connectivity index is 2.15. The van der Waals surface area contributed by atoms with Crippen molar-refractivity contribution in [1.29, 1.82) is 0 Å². The van der Waals surface area contributed by atoms with E-state index in [2.05, 4.69) is 0 Å². The summed E-state index contributed by atoms with van der Waals surface area (Å²) in [4.78, 5) is 24.8. The molecule has 2 saturated heterocycles. The van der Waals surface area contributed by atoms with Gasteiger partial charge in [0.15, 0.2) is 0 Å². The number of hydrogen-bond acceptors (Lipinski definition) is 4. The Kier molecular flexibility index (Phi) is 3.47. The first-order valence-corrected chi connectivity index (χ1v) is 6.58. The second-order valence-electron chi connectivity index (χ2n) is 6.25. The Morgan fingerprint density at radius 3 is 2.37 bits per heavy atom. The van der Waals surface area contributed by atoms with Crippen LogP contribution in [0.2, 0.25) is 0 Å². The molecular weight excluding hydrogens is 250 g/mol. The van der Waals surface area contributed by atoms with Crippen LogP contribution in [0.5, 0.6) is 0 Å². The van der Waals surface area contributed by atoms with E-state index in [4.69, 9.17) is 9.47 Å². The van der Waals surface area contributed by atoms with Crippen molar-refractivity contribution in [2.45, 2.75) is 57.2 Å². The van der Waals surface area contributed by atoms with Gasteiger partial charge in [0.2, 0.25) is 0 Å². The van der Waals surface area contributed by atoms with Gasteiger partial charge in [0, 0.05) is 19.6 Å². The summed E-state index contributed by atoms with van der Waals surface area (Å²) in [6.07, 6.45) is 1.31. The molecule has 0 radical (unpaired) electrons. The molecule has 6 heteroatoms. The first-order valence-electron chi connectivity index (χ1n) is 6.58. The molecule has 0 aromatic rings. The summed E-state index contributed by atoms with van der Waals surface area (Å²) in [6, 6.07) is -0.770. The van der Waals surface area contributed by atoms with E-state index >= 15 is 0 Å². The number of likely N-dealkylation sites (tertiary alicyclic amines) is 1. The molecule has 2 aliphatic heterocycles. The summed E-state index contributed by atoms with van der Waals surface area (Å²) >= 11 is 0. The number of rotatable bonds is 1. The third-order valence-corrected chi connectivity index (χ3v) is 3.69. The maximum atomic E-state index is 12.2. The van der Waals surface area contributed by atoms with Crippen LogP contribution in [0.25, 0.3) is 0 Å². The molecule has 108 valence electrons. The Morgan fingerprint density at radius 1 is 1.32 bits per heavy atom. The van der Waals surface area contributed by atoms with Crippen LogP contribution in [-0.4, -0.2) is 52.5 Å². The summed E-state index contributed by atoms with van der Waals surface area (Å²) < 4.78 is 10.6. The number of carbonyl (C=O) groups is 2. The topological polar surface area (TPSA) is 76.1 Å². The molecule has 2 rings (SSSR count). The van der Waals surface area contributed by atoms with Crippen LogP contribution < -0.4 is 0 Å². The van der Waals surface area contributed by atoms with E-state index in [1.54, 1.807) is 20.8 Å². The van der Waals surface area contributed by atoms with E-state index in [1.807, 2.05) is 0 Å². The van der Waals surface area contributed by atoms with E-state index in [1.165, 1.54) is 4.90 Å². The van der Waals surface area contributed by atoms with Crippen molar-refractivity contribution in [3.63, 3.8) is 0 Å². The highest BCUT2D eigenvalue weighted by Gasteiger charge is 2.58. The minimum atomic E-state index is -0.969. The molecule has 1 atom stereocenters. The lowest BCUT2D eigenvalue weighted by Gasteiger charge is -2.57. The standard InChI is InChI=1S/C13H21NO5/c1-12(2,3)19-11(17)14-9(10(15)16)8-13(14)4-6-18-7-5-13/h9H,4-8H2,1-3H3,(H,15,16). The zero-order valence-corrected chi connectivity index (χ0v) is 11.6. The van der Waals surface area contributed by atoms with Crippen LogP contribution in [0.1, 0.15) is 40.0 Å². The number of ether oxygens (including phenoxy) is 2. The van der Waals surface area contributed by atoms with Crippen LogP contribution in [0.15, 0.2) is 0 Å². The summed E-state index contributed by atoms with van der Waals surface area (Å²) in [7, 11) is 0. The predicted octanol–water partition coefficient (Wildman–Crippen LogP) is 1.63. The zero-order chi connectivity index (χ0) is 14.3. The molecular formula is C13H21NO5. The van der Waals surface area contributed by atoms with Crippen LogP contribution >= 0.6 is 0 Å². The monoisotopic (exact) mass is 271 g/mol. The maximum absolute atomic E-state index is 12.2. The van der Waals surface area contributed by atoms with Crippen LogP contribution in [0.3, 0.4) is 0 Å². The second-order valence-corrected chi connectivity index (χ2v) is 6.25. The molecule has 0 saturated carbocycles. The Labute approximate surface area is 112 Å². The first kappa shape index (κ1) is 14.1. The Bertz CT molecular complexity index is 381. The normalized spacial score (nSPS) is 25.8. The average Bonchev–Trinajstić information content (AvgIpc) is 2.24. The molecule has 2 aliphatic rings. The van der Waals surface area contributed by atoms with E-state index in [9.17, 15) is 14.7 Å². The molecule has 6 nitrogen and oxygen atoms in total. The van der Waals surface area contributed by atoms with E-state index < -0.39 is 23.7 Å². The van der Waals surface area contributed by atoms with Crippen molar-refractivity contribution >= 4 is 12.1 Å². The Hall–Kier alpha value is -1.30. The van der Waals surface area contributed by atoms with Gasteiger partial charge in [-0.1, -0.05) is 0 Å². The predicted molar refractivity (Wildman–Crippen MR) is 66.9 cm³/mol. The molecule has 0 aliphatic carbocycles.